The van der Waals surface area contributed by atoms with Crippen LogP contribution in [0.15, 0.2) is 57.5 Å². The van der Waals surface area contributed by atoms with Crippen LogP contribution in [0.1, 0.15) is 17.2 Å². The molecule has 0 bridgehead atoms. The van der Waals surface area contributed by atoms with Crippen molar-refractivity contribution in [2.75, 3.05) is 18.1 Å². The van der Waals surface area contributed by atoms with E-state index < -0.39 is 59.3 Å². The number of hydrogen-bond donors (Lipinski definition) is 4. The van der Waals surface area contributed by atoms with Crippen molar-refractivity contribution >= 4 is 47.0 Å². The van der Waals surface area contributed by atoms with Gasteiger partial charge in [0, 0.05) is 18.1 Å². The Bertz CT molecular complexity index is 1670. The molecule has 3 atom stereocenters. The van der Waals surface area contributed by atoms with E-state index in [2.05, 4.69) is 15.5 Å². The highest BCUT2D eigenvalue weighted by Crippen LogP contribution is 2.42. The van der Waals surface area contributed by atoms with Gasteiger partial charge in [0.1, 0.15) is 28.7 Å². The van der Waals surface area contributed by atoms with Crippen LogP contribution in [0.2, 0.25) is 0 Å². The molecule has 5 rings (SSSR count). The van der Waals surface area contributed by atoms with Gasteiger partial charge in [-0.3, -0.25) is 14.5 Å². The Morgan fingerprint density at radius 3 is 2.57 bits per heavy atom. The maximum Gasteiger partial charge on any atom is 0.416 e. The van der Waals surface area contributed by atoms with Crippen molar-refractivity contribution in [1.82, 2.24) is 29.6 Å². The van der Waals surface area contributed by atoms with Crippen LogP contribution < -0.4 is 11.0 Å². The molecule has 0 aliphatic carbocycles. The van der Waals surface area contributed by atoms with E-state index in [-0.39, 0.29) is 35.0 Å². The molecular weight excluding hydrogens is 605 g/mol. The number of aliphatic hydroxyl groups is 1. The van der Waals surface area contributed by atoms with Gasteiger partial charge in [-0.05, 0) is 29.3 Å². The molecule has 4 N–H and O–H groups in total. The molecule has 1 amide bonds. The van der Waals surface area contributed by atoms with Crippen LogP contribution in [0.3, 0.4) is 0 Å². The highest BCUT2D eigenvalue weighted by Gasteiger charge is 2.53. The normalized spacial score (nSPS) is 19.5. The number of thioether (sulfide) groups is 2. The third-order valence-corrected chi connectivity index (χ3v) is 8.85. The number of fused-ring (bicyclic) bond motifs is 2. The molecule has 1 saturated heterocycles. The van der Waals surface area contributed by atoms with Crippen molar-refractivity contribution in [1.29, 1.82) is 0 Å². The maximum absolute atomic E-state index is 13.3. The predicted octanol–water partition coefficient (Wildman–Crippen LogP) is 1.03. The molecule has 2 unspecified atom stereocenters. The van der Waals surface area contributed by atoms with Crippen LogP contribution in [-0.2, 0) is 27.1 Å². The van der Waals surface area contributed by atoms with E-state index in [0.29, 0.717) is 10.6 Å². The molecular formula is C24H21F3N6O7S2. The smallest absolute Gasteiger partial charge is 0.416 e. The van der Waals surface area contributed by atoms with Crippen LogP contribution in [0.4, 0.5) is 13.2 Å². The summed E-state index contributed by atoms with van der Waals surface area (Å²) >= 11 is 2.36. The standard InChI is InChI=1S/C24H21F3N6O7S2/c25-24(26,27)13-4-2-1-3-12(13)14(34)7-28-18-20(37)32-19(22(38)39)11(10-42-21(18)32)9-41-16-6-5-15-29-31(8-17(35)36)23(40)33(15)30-16/h1-6,14,18,21,28,34H,7-10H2,(H,35,36)(H,38,39)/t14?,18?,21-/m0/s1. The number of halogens is 3. The number of carbonyl (C=O) groups is 3. The lowest BCUT2D eigenvalue weighted by molar-refractivity contribution is -0.149. The number of carboxylic acids is 2. The van der Waals surface area contributed by atoms with Gasteiger partial charge in [-0.25, -0.2) is 9.59 Å². The molecule has 4 heterocycles. The fraction of sp³-hybridized carbons (Fsp3) is 0.333. The van der Waals surface area contributed by atoms with Gasteiger partial charge >= 0.3 is 23.8 Å². The van der Waals surface area contributed by atoms with Gasteiger partial charge in [-0.2, -0.15) is 27.5 Å². The monoisotopic (exact) mass is 626 g/mol. The summed E-state index contributed by atoms with van der Waals surface area (Å²) in [6.45, 7) is -1.00. The first-order valence-corrected chi connectivity index (χ1v) is 14.2. The van der Waals surface area contributed by atoms with Gasteiger partial charge in [0.05, 0.1) is 11.7 Å². The van der Waals surface area contributed by atoms with Crippen LogP contribution in [-0.4, -0.2) is 86.9 Å². The number of β-lactam (4-membered cyclic amide) rings is 1. The van der Waals surface area contributed by atoms with Crippen LogP contribution >= 0.6 is 23.5 Å². The number of aliphatic hydroxyl groups excluding tert-OH is 1. The number of alkyl halides is 3. The highest BCUT2D eigenvalue weighted by molar-refractivity contribution is 8.01. The molecule has 1 fully saturated rings. The zero-order chi connectivity index (χ0) is 30.3. The van der Waals surface area contributed by atoms with Gasteiger partial charge in [0.25, 0.3) is 0 Å². The second kappa shape index (κ2) is 11.4. The van der Waals surface area contributed by atoms with Gasteiger partial charge in [-0.15, -0.1) is 28.6 Å². The summed E-state index contributed by atoms with van der Waals surface area (Å²) in [5.74, 6) is -2.86. The molecule has 18 heteroatoms. The molecule has 42 heavy (non-hydrogen) atoms. The van der Waals surface area contributed by atoms with E-state index >= 15 is 0 Å². The van der Waals surface area contributed by atoms with Crippen LogP contribution in [0, 0.1) is 0 Å². The Morgan fingerprint density at radius 1 is 1.14 bits per heavy atom. The minimum absolute atomic E-state index is 0.104. The second-order valence-electron chi connectivity index (χ2n) is 9.22. The molecule has 2 aromatic heterocycles. The molecule has 13 nitrogen and oxygen atoms in total. The summed E-state index contributed by atoms with van der Waals surface area (Å²) in [5, 5.41) is 39.8. The minimum Gasteiger partial charge on any atom is -0.480 e. The maximum atomic E-state index is 13.3. The number of amides is 1. The first-order valence-electron chi connectivity index (χ1n) is 12.2. The van der Waals surface area contributed by atoms with Crippen molar-refractivity contribution in [3.05, 3.63) is 69.3 Å². The number of aliphatic carboxylic acids is 2. The first kappa shape index (κ1) is 29.6. The molecule has 0 spiro atoms. The minimum atomic E-state index is -4.67. The Hall–Kier alpha value is -3.87. The Labute approximate surface area is 242 Å². The molecule has 2 aliphatic rings. The fourth-order valence-electron chi connectivity index (χ4n) is 4.60. The molecule has 3 aromatic rings. The Kier molecular flexibility index (Phi) is 8.06. The lowest BCUT2D eigenvalue weighted by atomic mass is 10.00. The summed E-state index contributed by atoms with van der Waals surface area (Å²) in [4.78, 5) is 49.5. The molecule has 222 valence electrons. The van der Waals surface area contributed by atoms with Crippen LogP contribution in [0.5, 0.6) is 0 Å². The first-order chi connectivity index (χ1) is 19.9. The molecule has 0 radical (unpaired) electrons. The largest absolute Gasteiger partial charge is 0.480 e. The predicted molar refractivity (Wildman–Crippen MR) is 142 cm³/mol. The molecule has 0 saturated carbocycles. The van der Waals surface area contributed by atoms with E-state index in [0.717, 1.165) is 38.0 Å². The number of nitrogens with one attached hydrogen (secondary N) is 1. The van der Waals surface area contributed by atoms with Gasteiger partial charge in [0.2, 0.25) is 5.91 Å². The number of benzene rings is 1. The number of aromatic nitrogens is 4. The van der Waals surface area contributed by atoms with E-state index in [1.54, 1.807) is 0 Å². The Balaban J connectivity index is 1.27. The molecule has 1 aromatic carbocycles. The quantitative estimate of drug-likeness (QED) is 0.186. The number of nitrogens with zero attached hydrogens (tertiary/aromatic N) is 5. The zero-order valence-corrected chi connectivity index (χ0v) is 22.8. The summed E-state index contributed by atoms with van der Waals surface area (Å²) in [7, 11) is 0. The average molecular weight is 627 g/mol. The van der Waals surface area contributed by atoms with E-state index in [9.17, 15) is 42.6 Å². The summed E-state index contributed by atoms with van der Waals surface area (Å²) in [6, 6.07) is 6.66. The van der Waals surface area contributed by atoms with Crippen molar-refractivity contribution in [2.24, 2.45) is 0 Å². The summed E-state index contributed by atoms with van der Waals surface area (Å²) in [5.41, 5.74) is -1.76. The number of hydrogen-bond acceptors (Lipinski definition) is 10. The third-order valence-electron chi connectivity index (χ3n) is 6.50. The Morgan fingerprint density at radius 2 is 1.88 bits per heavy atom. The van der Waals surface area contributed by atoms with Crippen LogP contribution in [0.25, 0.3) is 5.65 Å². The SMILES string of the molecule is O=C(O)Cn1nc2ccc(SCC3=C(C(=O)O)N4C(=O)C(NCC(O)c5ccccc5C(F)(F)F)[C@@H]4SC3)nn2c1=O. The lowest BCUT2D eigenvalue weighted by Gasteiger charge is -2.50. The van der Waals surface area contributed by atoms with E-state index in [1.807, 2.05) is 0 Å². The van der Waals surface area contributed by atoms with Crippen molar-refractivity contribution in [2.45, 2.75) is 35.3 Å². The van der Waals surface area contributed by atoms with Gasteiger partial charge in [-0.1, -0.05) is 18.2 Å². The highest BCUT2D eigenvalue weighted by atomic mass is 32.2. The average Bonchev–Trinajstić information content (AvgIpc) is 3.24. The van der Waals surface area contributed by atoms with Crippen molar-refractivity contribution in [3.8, 4) is 0 Å². The van der Waals surface area contributed by atoms with Gasteiger partial charge in [0.15, 0.2) is 5.65 Å². The fourth-order valence-corrected chi connectivity index (χ4v) is 6.97. The third kappa shape index (κ3) is 5.61. The van der Waals surface area contributed by atoms with Crippen molar-refractivity contribution in [3.63, 3.8) is 0 Å². The van der Waals surface area contributed by atoms with E-state index in [4.69, 9.17) is 5.11 Å². The van der Waals surface area contributed by atoms with Crippen molar-refractivity contribution < 1.29 is 42.9 Å². The summed E-state index contributed by atoms with van der Waals surface area (Å²) < 4.78 is 41.6. The zero-order valence-electron chi connectivity index (χ0n) is 21.2. The number of carbonyl (C=O) groups excluding carboxylic acids is 1. The number of carboxylic acid groups (broad SMARTS) is 2. The second-order valence-corrected chi connectivity index (χ2v) is 11.3. The number of rotatable bonds is 10. The molecule has 2 aliphatic heterocycles. The topological polar surface area (TPSA) is 179 Å². The summed E-state index contributed by atoms with van der Waals surface area (Å²) in [6.07, 6.45) is -6.23. The van der Waals surface area contributed by atoms with E-state index in [1.165, 1.54) is 36.0 Å². The lowest BCUT2D eigenvalue weighted by Crippen LogP contribution is -2.70. The van der Waals surface area contributed by atoms with Gasteiger partial charge < -0.3 is 20.6 Å².